The summed E-state index contributed by atoms with van der Waals surface area (Å²) in [7, 11) is 2.23. The topological polar surface area (TPSA) is 12.5 Å². The van der Waals surface area contributed by atoms with E-state index in [1.807, 2.05) is 0 Å². The summed E-state index contributed by atoms with van der Waals surface area (Å²) in [5.74, 6) is 2.64. The highest BCUT2D eigenvalue weighted by molar-refractivity contribution is 4.82. The number of likely N-dealkylation sites (tertiary alicyclic amines) is 1. The second kappa shape index (κ2) is 3.97. The molecule has 0 radical (unpaired) electrons. The Labute approximate surface area is 81.3 Å². The molecule has 3 unspecified atom stereocenters. The number of hydrogen-bond acceptors (Lipinski definition) is 2. The molecular formula is C11H21NO. The maximum atomic E-state index is 5.45. The van der Waals surface area contributed by atoms with E-state index in [9.17, 15) is 0 Å². The minimum atomic E-state index is 0.844. The molecule has 13 heavy (non-hydrogen) atoms. The third kappa shape index (κ3) is 2.05. The zero-order valence-electron chi connectivity index (χ0n) is 8.83. The van der Waals surface area contributed by atoms with Gasteiger partial charge in [-0.25, -0.2) is 0 Å². The standard InChI is InChI=1S/C11H21NO/c1-9(11-4-6-13-8-11)10-3-5-12(2)7-10/h9-11H,3-8H2,1-2H3. The van der Waals surface area contributed by atoms with Crippen molar-refractivity contribution in [2.45, 2.75) is 19.8 Å². The van der Waals surface area contributed by atoms with Crippen LogP contribution in [-0.4, -0.2) is 38.3 Å². The van der Waals surface area contributed by atoms with Crippen LogP contribution in [0.15, 0.2) is 0 Å². The van der Waals surface area contributed by atoms with Gasteiger partial charge in [0.2, 0.25) is 0 Å². The molecule has 0 aliphatic carbocycles. The Bertz CT molecular complexity index is 165. The maximum absolute atomic E-state index is 5.45. The third-order valence-electron chi connectivity index (χ3n) is 3.88. The van der Waals surface area contributed by atoms with E-state index >= 15 is 0 Å². The lowest BCUT2D eigenvalue weighted by Gasteiger charge is -2.24. The lowest BCUT2D eigenvalue weighted by molar-refractivity contribution is 0.160. The van der Waals surface area contributed by atoms with Gasteiger partial charge in [0.25, 0.3) is 0 Å². The normalized spacial score (nSPS) is 38.3. The average molecular weight is 183 g/mol. The molecule has 3 atom stereocenters. The summed E-state index contributed by atoms with van der Waals surface area (Å²) in [5, 5.41) is 0. The van der Waals surface area contributed by atoms with Crippen molar-refractivity contribution in [3.63, 3.8) is 0 Å². The van der Waals surface area contributed by atoms with E-state index in [1.54, 1.807) is 0 Å². The van der Waals surface area contributed by atoms with Crippen LogP contribution >= 0.6 is 0 Å². The second-order valence-electron chi connectivity index (χ2n) is 4.79. The summed E-state index contributed by atoms with van der Waals surface area (Å²) in [6, 6.07) is 0. The number of rotatable bonds is 2. The van der Waals surface area contributed by atoms with Crippen LogP contribution in [0.5, 0.6) is 0 Å². The Morgan fingerprint density at radius 3 is 2.69 bits per heavy atom. The molecule has 0 saturated carbocycles. The van der Waals surface area contributed by atoms with Crippen LogP contribution < -0.4 is 0 Å². The first-order chi connectivity index (χ1) is 6.27. The first-order valence-electron chi connectivity index (χ1n) is 5.53. The molecule has 2 aliphatic heterocycles. The molecule has 2 saturated heterocycles. The van der Waals surface area contributed by atoms with Crippen molar-refractivity contribution in [1.29, 1.82) is 0 Å². The zero-order chi connectivity index (χ0) is 9.26. The van der Waals surface area contributed by atoms with Crippen molar-refractivity contribution in [1.82, 2.24) is 4.90 Å². The van der Waals surface area contributed by atoms with Crippen molar-refractivity contribution in [3.05, 3.63) is 0 Å². The van der Waals surface area contributed by atoms with E-state index in [0.29, 0.717) is 0 Å². The van der Waals surface area contributed by atoms with Gasteiger partial charge < -0.3 is 9.64 Å². The fourth-order valence-electron chi connectivity index (χ4n) is 2.75. The van der Waals surface area contributed by atoms with Crippen LogP contribution in [0.1, 0.15) is 19.8 Å². The molecule has 2 heterocycles. The van der Waals surface area contributed by atoms with Gasteiger partial charge in [-0.05, 0) is 44.2 Å². The van der Waals surface area contributed by atoms with E-state index in [2.05, 4.69) is 18.9 Å². The molecule has 2 aliphatic rings. The minimum absolute atomic E-state index is 0.844. The van der Waals surface area contributed by atoms with Gasteiger partial charge in [0.1, 0.15) is 0 Å². The largest absolute Gasteiger partial charge is 0.381 e. The Hall–Kier alpha value is -0.0800. The predicted molar refractivity (Wildman–Crippen MR) is 53.7 cm³/mol. The van der Waals surface area contributed by atoms with Crippen LogP contribution in [0.25, 0.3) is 0 Å². The molecule has 0 amide bonds. The maximum Gasteiger partial charge on any atom is 0.0497 e. The minimum Gasteiger partial charge on any atom is -0.381 e. The summed E-state index contributed by atoms with van der Waals surface area (Å²) >= 11 is 0. The summed E-state index contributed by atoms with van der Waals surface area (Å²) in [5.41, 5.74) is 0. The van der Waals surface area contributed by atoms with Crippen molar-refractivity contribution < 1.29 is 4.74 Å². The number of ether oxygens (including phenoxy) is 1. The van der Waals surface area contributed by atoms with Crippen molar-refractivity contribution in [2.24, 2.45) is 17.8 Å². The van der Waals surface area contributed by atoms with Crippen molar-refractivity contribution in [2.75, 3.05) is 33.4 Å². The molecule has 2 nitrogen and oxygen atoms in total. The highest BCUT2D eigenvalue weighted by Crippen LogP contribution is 2.32. The summed E-state index contributed by atoms with van der Waals surface area (Å²) in [6.07, 6.45) is 2.69. The Balaban J connectivity index is 1.85. The van der Waals surface area contributed by atoms with E-state index in [1.165, 1.54) is 25.9 Å². The van der Waals surface area contributed by atoms with Gasteiger partial charge in [0.05, 0.1) is 0 Å². The Morgan fingerprint density at radius 2 is 2.15 bits per heavy atom. The smallest absolute Gasteiger partial charge is 0.0497 e. The van der Waals surface area contributed by atoms with Crippen molar-refractivity contribution in [3.8, 4) is 0 Å². The van der Waals surface area contributed by atoms with Gasteiger partial charge in [-0.15, -0.1) is 0 Å². The Morgan fingerprint density at radius 1 is 1.31 bits per heavy atom. The molecular weight excluding hydrogens is 162 g/mol. The predicted octanol–water partition coefficient (Wildman–Crippen LogP) is 1.61. The summed E-state index contributed by atoms with van der Waals surface area (Å²) < 4.78 is 5.45. The van der Waals surface area contributed by atoms with Gasteiger partial charge in [-0.1, -0.05) is 6.92 Å². The van der Waals surface area contributed by atoms with Gasteiger partial charge in [-0.2, -0.15) is 0 Å². The lowest BCUT2D eigenvalue weighted by atomic mass is 9.82. The molecule has 76 valence electrons. The average Bonchev–Trinajstić information content (AvgIpc) is 2.72. The zero-order valence-corrected chi connectivity index (χ0v) is 8.83. The van der Waals surface area contributed by atoms with Crippen LogP contribution in [0.4, 0.5) is 0 Å². The third-order valence-corrected chi connectivity index (χ3v) is 3.88. The van der Waals surface area contributed by atoms with E-state index < -0.39 is 0 Å². The molecule has 0 aromatic rings. The molecule has 2 rings (SSSR count). The molecule has 0 aromatic heterocycles. The van der Waals surface area contributed by atoms with E-state index in [0.717, 1.165) is 31.0 Å². The van der Waals surface area contributed by atoms with E-state index in [4.69, 9.17) is 4.74 Å². The van der Waals surface area contributed by atoms with Crippen molar-refractivity contribution >= 4 is 0 Å². The SMILES string of the molecule is CC(C1CCOC1)C1CCN(C)C1. The quantitative estimate of drug-likeness (QED) is 0.645. The van der Waals surface area contributed by atoms with Crippen LogP contribution in [-0.2, 0) is 4.74 Å². The van der Waals surface area contributed by atoms with Gasteiger partial charge >= 0.3 is 0 Å². The molecule has 0 N–H and O–H groups in total. The van der Waals surface area contributed by atoms with E-state index in [-0.39, 0.29) is 0 Å². The summed E-state index contributed by atoms with van der Waals surface area (Å²) in [4.78, 5) is 2.46. The molecule has 0 bridgehead atoms. The van der Waals surface area contributed by atoms with Crippen LogP contribution in [0.2, 0.25) is 0 Å². The second-order valence-corrected chi connectivity index (χ2v) is 4.79. The lowest BCUT2D eigenvalue weighted by Crippen LogP contribution is -2.24. The first kappa shape index (κ1) is 9.47. The van der Waals surface area contributed by atoms with Gasteiger partial charge in [-0.3, -0.25) is 0 Å². The molecule has 2 heteroatoms. The molecule has 0 spiro atoms. The van der Waals surface area contributed by atoms with Crippen LogP contribution in [0, 0.1) is 17.8 Å². The fraction of sp³-hybridized carbons (Fsp3) is 1.00. The first-order valence-corrected chi connectivity index (χ1v) is 5.53. The molecule has 0 aromatic carbocycles. The summed E-state index contributed by atoms with van der Waals surface area (Å²) in [6.45, 7) is 7.03. The molecule has 2 fully saturated rings. The fourth-order valence-corrected chi connectivity index (χ4v) is 2.75. The monoisotopic (exact) mass is 183 g/mol. The highest BCUT2D eigenvalue weighted by Gasteiger charge is 2.31. The number of nitrogens with zero attached hydrogens (tertiary/aromatic N) is 1. The van der Waals surface area contributed by atoms with Gasteiger partial charge in [0, 0.05) is 19.8 Å². The highest BCUT2D eigenvalue weighted by atomic mass is 16.5. The Kier molecular flexibility index (Phi) is 2.89. The van der Waals surface area contributed by atoms with Gasteiger partial charge in [0.15, 0.2) is 0 Å². The van der Waals surface area contributed by atoms with Crippen LogP contribution in [0.3, 0.4) is 0 Å². The number of hydrogen-bond donors (Lipinski definition) is 0.